The molecular formula is C19H24N2O4S. The van der Waals surface area contributed by atoms with E-state index in [4.69, 9.17) is 4.74 Å². The molecule has 140 valence electrons. The van der Waals surface area contributed by atoms with Crippen molar-refractivity contribution in [3.8, 4) is 0 Å². The Hall–Kier alpha value is -2.38. The topological polar surface area (TPSA) is 75.7 Å². The van der Waals surface area contributed by atoms with Gasteiger partial charge in [-0.3, -0.25) is 9.10 Å². The Morgan fingerprint density at radius 2 is 1.85 bits per heavy atom. The fourth-order valence-corrected chi connectivity index (χ4v) is 3.56. The summed E-state index contributed by atoms with van der Waals surface area (Å²) in [7, 11) is -0.607. The maximum absolute atomic E-state index is 12.8. The summed E-state index contributed by atoms with van der Waals surface area (Å²) in [6, 6.07) is 13.2. The van der Waals surface area contributed by atoms with Crippen molar-refractivity contribution in [2.45, 2.75) is 18.2 Å². The molecule has 2 aromatic rings. The number of hydrogen-bond acceptors (Lipinski definition) is 4. The van der Waals surface area contributed by atoms with Gasteiger partial charge in [-0.05, 0) is 43.7 Å². The normalized spacial score (nSPS) is 11.2. The van der Waals surface area contributed by atoms with Crippen LogP contribution in [0.15, 0.2) is 53.4 Å². The Bertz CT molecular complexity index is 848. The number of hydrogen-bond donors (Lipinski definition) is 1. The van der Waals surface area contributed by atoms with Crippen LogP contribution in [0.2, 0.25) is 0 Å². The molecule has 2 rings (SSSR count). The van der Waals surface area contributed by atoms with E-state index < -0.39 is 10.0 Å². The van der Waals surface area contributed by atoms with Crippen molar-refractivity contribution < 1.29 is 17.9 Å². The molecule has 0 bridgehead atoms. The van der Waals surface area contributed by atoms with Gasteiger partial charge in [0.15, 0.2) is 0 Å². The second-order valence-electron chi connectivity index (χ2n) is 5.94. The van der Waals surface area contributed by atoms with Gasteiger partial charge in [0.2, 0.25) is 0 Å². The lowest BCUT2D eigenvalue weighted by atomic mass is 10.2. The summed E-state index contributed by atoms with van der Waals surface area (Å²) in [5.74, 6) is -0.246. The molecule has 6 nitrogen and oxygen atoms in total. The Morgan fingerprint density at radius 1 is 1.15 bits per heavy atom. The van der Waals surface area contributed by atoms with Crippen LogP contribution in [0.25, 0.3) is 0 Å². The second kappa shape index (κ2) is 8.82. The minimum Gasteiger partial charge on any atom is -0.385 e. The van der Waals surface area contributed by atoms with Crippen LogP contribution in [0.4, 0.5) is 5.69 Å². The molecule has 1 N–H and O–H groups in total. The van der Waals surface area contributed by atoms with Gasteiger partial charge in [0.05, 0.1) is 10.6 Å². The summed E-state index contributed by atoms with van der Waals surface area (Å²) in [6.07, 6.45) is 0.712. The third kappa shape index (κ3) is 4.83. The first-order valence-electron chi connectivity index (χ1n) is 8.29. The summed E-state index contributed by atoms with van der Waals surface area (Å²) in [6.45, 7) is 2.96. The SMILES string of the molecule is COCCCNC(=O)c1cccc(N(C)S(=O)(=O)c2ccc(C)cc2)c1. The van der Waals surface area contributed by atoms with Gasteiger partial charge in [-0.15, -0.1) is 0 Å². The molecule has 0 saturated heterocycles. The summed E-state index contributed by atoms with van der Waals surface area (Å²) in [4.78, 5) is 12.4. The van der Waals surface area contributed by atoms with E-state index in [1.165, 1.54) is 11.4 Å². The fourth-order valence-electron chi connectivity index (χ4n) is 2.37. The minimum absolute atomic E-state index is 0.208. The predicted molar refractivity (Wildman–Crippen MR) is 102 cm³/mol. The van der Waals surface area contributed by atoms with Crippen LogP contribution in [-0.4, -0.2) is 41.6 Å². The molecule has 7 heteroatoms. The highest BCUT2D eigenvalue weighted by Gasteiger charge is 2.21. The summed E-state index contributed by atoms with van der Waals surface area (Å²) >= 11 is 0. The van der Waals surface area contributed by atoms with Gasteiger partial charge in [0.1, 0.15) is 0 Å². The Labute approximate surface area is 154 Å². The molecule has 1 amide bonds. The third-order valence-electron chi connectivity index (χ3n) is 3.96. The number of ether oxygens (including phenoxy) is 1. The van der Waals surface area contributed by atoms with Crippen molar-refractivity contribution in [3.05, 3.63) is 59.7 Å². The molecule has 0 aliphatic heterocycles. The zero-order valence-corrected chi connectivity index (χ0v) is 16.0. The summed E-state index contributed by atoms with van der Waals surface area (Å²) in [5.41, 5.74) is 1.82. The van der Waals surface area contributed by atoms with Crippen LogP contribution in [0.3, 0.4) is 0 Å². The number of amides is 1. The second-order valence-corrected chi connectivity index (χ2v) is 7.91. The van der Waals surface area contributed by atoms with Crippen molar-refractivity contribution in [1.29, 1.82) is 0 Å². The Balaban J connectivity index is 2.18. The number of sulfonamides is 1. The van der Waals surface area contributed by atoms with Gasteiger partial charge in [0.25, 0.3) is 15.9 Å². The minimum atomic E-state index is -3.69. The van der Waals surface area contributed by atoms with Crippen molar-refractivity contribution in [2.24, 2.45) is 0 Å². The van der Waals surface area contributed by atoms with Gasteiger partial charge >= 0.3 is 0 Å². The van der Waals surface area contributed by atoms with E-state index >= 15 is 0 Å². The fraction of sp³-hybridized carbons (Fsp3) is 0.316. The van der Waals surface area contributed by atoms with Crippen LogP contribution in [0, 0.1) is 6.92 Å². The van der Waals surface area contributed by atoms with Gasteiger partial charge < -0.3 is 10.1 Å². The summed E-state index contributed by atoms with van der Waals surface area (Å²) in [5, 5.41) is 2.79. The van der Waals surface area contributed by atoms with Crippen LogP contribution in [0.1, 0.15) is 22.3 Å². The van der Waals surface area contributed by atoms with Crippen molar-refractivity contribution in [3.63, 3.8) is 0 Å². The molecular weight excluding hydrogens is 352 g/mol. The largest absolute Gasteiger partial charge is 0.385 e. The highest BCUT2D eigenvalue weighted by molar-refractivity contribution is 7.92. The molecule has 2 aromatic carbocycles. The van der Waals surface area contributed by atoms with Crippen LogP contribution in [-0.2, 0) is 14.8 Å². The molecule has 0 radical (unpaired) electrons. The predicted octanol–water partition coefficient (Wildman–Crippen LogP) is 2.59. The number of carbonyl (C=O) groups is 1. The highest BCUT2D eigenvalue weighted by Crippen LogP contribution is 2.23. The quantitative estimate of drug-likeness (QED) is 0.719. The lowest BCUT2D eigenvalue weighted by Gasteiger charge is -2.20. The third-order valence-corrected chi connectivity index (χ3v) is 5.76. The van der Waals surface area contributed by atoms with Crippen molar-refractivity contribution >= 4 is 21.6 Å². The van der Waals surface area contributed by atoms with E-state index in [1.807, 2.05) is 6.92 Å². The molecule has 0 spiro atoms. The Kier molecular flexibility index (Phi) is 6.76. The van der Waals surface area contributed by atoms with E-state index in [2.05, 4.69) is 5.32 Å². The number of rotatable bonds is 8. The molecule has 0 aromatic heterocycles. The Morgan fingerprint density at radius 3 is 2.50 bits per heavy atom. The number of nitrogens with zero attached hydrogens (tertiary/aromatic N) is 1. The molecule has 0 heterocycles. The molecule has 0 fully saturated rings. The molecule has 26 heavy (non-hydrogen) atoms. The summed E-state index contributed by atoms with van der Waals surface area (Å²) < 4.78 is 31.7. The van der Waals surface area contributed by atoms with Crippen LogP contribution in [0.5, 0.6) is 0 Å². The van der Waals surface area contributed by atoms with E-state index in [0.717, 1.165) is 5.56 Å². The molecule has 0 saturated carbocycles. The zero-order chi connectivity index (χ0) is 19.2. The van der Waals surface area contributed by atoms with E-state index in [-0.39, 0.29) is 10.8 Å². The molecule has 0 aliphatic rings. The van der Waals surface area contributed by atoms with Crippen molar-refractivity contribution in [1.82, 2.24) is 5.32 Å². The lowest BCUT2D eigenvalue weighted by molar-refractivity contribution is 0.0948. The van der Waals surface area contributed by atoms with Crippen LogP contribution >= 0.6 is 0 Å². The number of carbonyl (C=O) groups excluding carboxylic acids is 1. The smallest absolute Gasteiger partial charge is 0.264 e. The highest BCUT2D eigenvalue weighted by atomic mass is 32.2. The van der Waals surface area contributed by atoms with E-state index in [0.29, 0.717) is 30.8 Å². The number of anilines is 1. The average Bonchev–Trinajstić information content (AvgIpc) is 2.65. The first-order chi connectivity index (χ1) is 12.4. The standard InChI is InChI=1S/C19H24N2O4S/c1-15-8-10-18(11-9-15)26(23,24)21(2)17-7-4-6-16(14-17)19(22)20-12-5-13-25-3/h4,6-11,14H,5,12-13H2,1-3H3,(H,20,22). The number of methoxy groups -OCH3 is 1. The van der Waals surface area contributed by atoms with E-state index in [9.17, 15) is 13.2 Å². The van der Waals surface area contributed by atoms with Gasteiger partial charge in [-0.2, -0.15) is 0 Å². The maximum Gasteiger partial charge on any atom is 0.264 e. The zero-order valence-electron chi connectivity index (χ0n) is 15.2. The molecule has 0 aliphatic carbocycles. The number of benzene rings is 2. The monoisotopic (exact) mass is 376 g/mol. The van der Waals surface area contributed by atoms with Crippen molar-refractivity contribution in [2.75, 3.05) is 31.6 Å². The molecule has 0 unspecified atom stereocenters. The van der Waals surface area contributed by atoms with Gasteiger partial charge in [-0.1, -0.05) is 23.8 Å². The van der Waals surface area contributed by atoms with Gasteiger partial charge in [-0.25, -0.2) is 8.42 Å². The lowest BCUT2D eigenvalue weighted by Crippen LogP contribution is -2.28. The van der Waals surface area contributed by atoms with E-state index in [1.54, 1.807) is 55.6 Å². The number of aryl methyl sites for hydroxylation is 1. The first-order valence-corrected chi connectivity index (χ1v) is 9.73. The van der Waals surface area contributed by atoms with Crippen LogP contribution < -0.4 is 9.62 Å². The maximum atomic E-state index is 12.8. The first kappa shape index (κ1) is 19.9. The average molecular weight is 376 g/mol. The number of nitrogens with one attached hydrogen (secondary N) is 1. The molecule has 0 atom stereocenters. The van der Waals surface area contributed by atoms with Gasteiger partial charge in [0, 0.05) is 32.9 Å².